The highest BCUT2D eigenvalue weighted by Crippen LogP contribution is 2.23. The summed E-state index contributed by atoms with van der Waals surface area (Å²) in [6.07, 6.45) is 4.72. The third-order valence-electron chi connectivity index (χ3n) is 3.92. The molecule has 21 heavy (non-hydrogen) atoms. The lowest BCUT2D eigenvalue weighted by Crippen LogP contribution is -2.38. The van der Waals surface area contributed by atoms with E-state index in [-0.39, 0.29) is 5.97 Å². The van der Waals surface area contributed by atoms with Crippen LogP contribution < -0.4 is 0 Å². The fourth-order valence-electron chi connectivity index (χ4n) is 2.63. The number of hydrogen-bond acceptors (Lipinski definition) is 3. The zero-order chi connectivity index (χ0) is 15.2. The summed E-state index contributed by atoms with van der Waals surface area (Å²) < 4.78 is 5.28. The molecule has 0 unspecified atom stereocenters. The lowest BCUT2D eigenvalue weighted by atomic mass is 10.0. The molecule has 0 aromatic heterocycles. The third-order valence-corrected chi connectivity index (χ3v) is 4.66. The van der Waals surface area contributed by atoms with Crippen LogP contribution in [-0.4, -0.2) is 36.6 Å². The van der Waals surface area contributed by atoms with E-state index in [4.69, 9.17) is 27.9 Å². The van der Waals surface area contributed by atoms with Crippen LogP contribution in [-0.2, 0) is 4.74 Å². The second kappa shape index (κ2) is 8.02. The van der Waals surface area contributed by atoms with E-state index in [2.05, 4.69) is 11.8 Å². The van der Waals surface area contributed by atoms with Gasteiger partial charge in [-0.15, -0.1) is 0 Å². The van der Waals surface area contributed by atoms with Crippen LogP contribution in [0.25, 0.3) is 0 Å². The summed E-state index contributed by atoms with van der Waals surface area (Å²) in [5, 5.41) is 0.806. The van der Waals surface area contributed by atoms with Gasteiger partial charge >= 0.3 is 5.97 Å². The number of benzene rings is 1. The van der Waals surface area contributed by atoms with Crippen molar-refractivity contribution >= 4 is 29.2 Å². The zero-order valence-electron chi connectivity index (χ0n) is 12.3. The summed E-state index contributed by atoms with van der Waals surface area (Å²) >= 11 is 11.7. The Morgan fingerprint density at radius 1 is 1.33 bits per heavy atom. The molecule has 1 aliphatic rings. The number of nitrogens with zero attached hydrogens (tertiary/aromatic N) is 1. The van der Waals surface area contributed by atoms with Gasteiger partial charge in [0.15, 0.2) is 0 Å². The number of ether oxygens (including phenoxy) is 1. The van der Waals surface area contributed by atoms with Gasteiger partial charge in [-0.3, -0.25) is 0 Å². The van der Waals surface area contributed by atoms with Gasteiger partial charge < -0.3 is 9.64 Å². The van der Waals surface area contributed by atoms with E-state index in [9.17, 15) is 4.79 Å². The summed E-state index contributed by atoms with van der Waals surface area (Å²) in [5.41, 5.74) is 0.441. The highest BCUT2D eigenvalue weighted by Gasteiger charge is 2.17. The molecule has 5 heteroatoms. The maximum Gasteiger partial charge on any atom is 0.338 e. The van der Waals surface area contributed by atoms with E-state index >= 15 is 0 Å². The molecule has 0 bridgehead atoms. The number of carbonyl (C=O) groups is 1. The van der Waals surface area contributed by atoms with Gasteiger partial charge in [0.05, 0.1) is 22.2 Å². The SMILES string of the molecule is C[C@@H]1CCCCN1CCCOC(=O)c1ccc(Cl)c(Cl)c1. The van der Waals surface area contributed by atoms with Gasteiger partial charge in [-0.05, 0) is 50.9 Å². The first kappa shape index (κ1) is 16.6. The maximum atomic E-state index is 11.9. The van der Waals surface area contributed by atoms with Crippen molar-refractivity contribution in [1.82, 2.24) is 4.90 Å². The molecular weight excluding hydrogens is 309 g/mol. The van der Waals surface area contributed by atoms with Gasteiger partial charge in [0, 0.05) is 12.6 Å². The molecule has 1 aromatic carbocycles. The Kier molecular flexibility index (Phi) is 6.34. The maximum absolute atomic E-state index is 11.9. The van der Waals surface area contributed by atoms with Gasteiger partial charge in [0.1, 0.15) is 0 Å². The van der Waals surface area contributed by atoms with Gasteiger partial charge in [-0.25, -0.2) is 4.79 Å². The number of halogens is 2. The first-order valence-corrected chi connectivity index (χ1v) is 8.20. The first-order chi connectivity index (χ1) is 10.1. The second-order valence-electron chi connectivity index (χ2n) is 5.50. The van der Waals surface area contributed by atoms with Crippen molar-refractivity contribution < 1.29 is 9.53 Å². The predicted molar refractivity (Wildman–Crippen MR) is 86.2 cm³/mol. The van der Waals surface area contributed by atoms with Crippen molar-refractivity contribution in [1.29, 1.82) is 0 Å². The largest absolute Gasteiger partial charge is 0.462 e. The number of hydrogen-bond donors (Lipinski definition) is 0. The lowest BCUT2D eigenvalue weighted by Gasteiger charge is -2.33. The molecule has 116 valence electrons. The van der Waals surface area contributed by atoms with Crippen LogP contribution in [0.3, 0.4) is 0 Å². The van der Waals surface area contributed by atoms with Crippen molar-refractivity contribution in [2.24, 2.45) is 0 Å². The highest BCUT2D eigenvalue weighted by atomic mass is 35.5. The molecule has 3 nitrogen and oxygen atoms in total. The summed E-state index contributed by atoms with van der Waals surface area (Å²) in [7, 11) is 0. The fraction of sp³-hybridized carbons (Fsp3) is 0.562. The number of rotatable bonds is 5. The Balaban J connectivity index is 1.72. The van der Waals surface area contributed by atoms with Crippen LogP contribution in [0, 0.1) is 0 Å². The summed E-state index contributed by atoms with van der Waals surface area (Å²) in [5.74, 6) is -0.347. The van der Waals surface area contributed by atoms with Crippen LogP contribution in [0.5, 0.6) is 0 Å². The van der Waals surface area contributed by atoms with Crippen LogP contribution in [0.1, 0.15) is 43.0 Å². The van der Waals surface area contributed by atoms with Crippen LogP contribution in [0.4, 0.5) is 0 Å². The second-order valence-corrected chi connectivity index (χ2v) is 6.31. The minimum Gasteiger partial charge on any atom is -0.462 e. The molecular formula is C16H21Cl2NO2. The lowest BCUT2D eigenvalue weighted by molar-refractivity contribution is 0.0475. The number of esters is 1. The van der Waals surface area contributed by atoms with E-state index in [0.29, 0.717) is 28.3 Å². The molecule has 1 heterocycles. The molecule has 2 rings (SSSR count). The van der Waals surface area contributed by atoms with E-state index in [1.807, 2.05) is 0 Å². The predicted octanol–water partition coefficient (Wildman–Crippen LogP) is 4.41. The standard InChI is InChI=1S/C16H21Cl2NO2/c1-12-5-2-3-8-19(12)9-4-10-21-16(20)13-6-7-14(17)15(18)11-13/h6-7,11-12H,2-5,8-10H2,1H3/t12-/m1/s1. The topological polar surface area (TPSA) is 29.5 Å². The van der Waals surface area contributed by atoms with Gasteiger partial charge in [-0.2, -0.15) is 0 Å². The van der Waals surface area contributed by atoms with Crippen molar-refractivity contribution in [3.05, 3.63) is 33.8 Å². The molecule has 1 fully saturated rings. The van der Waals surface area contributed by atoms with Gasteiger partial charge in [-0.1, -0.05) is 29.6 Å². The van der Waals surface area contributed by atoms with Gasteiger partial charge in [0.2, 0.25) is 0 Å². The molecule has 1 atom stereocenters. The fourth-order valence-corrected chi connectivity index (χ4v) is 2.93. The summed E-state index contributed by atoms with van der Waals surface area (Å²) in [6.45, 7) is 4.83. The molecule has 1 aromatic rings. The highest BCUT2D eigenvalue weighted by molar-refractivity contribution is 6.42. The smallest absolute Gasteiger partial charge is 0.338 e. The monoisotopic (exact) mass is 329 g/mol. The number of likely N-dealkylation sites (tertiary alicyclic amines) is 1. The Morgan fingerprint density at radius 2 is 2.14 bits per heavy atom. The van der Waals surface area contributed by atoms with Crippen LogP contribution in [0.15, 0.2) is 18.2 Å². The van der Waals surface area contributed by atoms with Crippen LogP contribution >= 0.6 is 23.2 Å². The number of carbonyl (C=O) groups excluding carboxylic acids is 1. The van der Waals surface area contributed by atoms with E-state index in [1.165, 1.54) is 19.3 Å². The number of piperidine rings is 1. The van der Waals surface area contributed by atoms with Crippen LogP contribution in [0.2, 0.25) is 10.0 Å². The van der Waals surface area contributed by atoms with Crippen molar-refractivity contribution in [2.45, 2.75) is 38.6 Å². The van der Waals surface area contributed by atoms with Gasteiger partial charge in [0.25, 0.3) is 0 Å². The molecule has 0 saturated carbocycles. The average Bonchev–Trinajstić information content (AvgIpc) is 2.48. The van der Waals surface area contributed by atoms with Crippen molar-refractivity contribution in [2.75, 3.05) is 19.7 Å². The molecule has 1 aliphatic heterocycles. The molecule has 0 amide bonds. The molecule has 1 saturated heterocycles. The third kappa shape index (κ3) is 4.87. The molecule has 0 spiro atoms. The minimum atomic E-state index is -0.347. The Labute approximate surface area is 136 Å². The van der Waals surface area contributed by atoms with Crippen molar-refractivity contribution in [3.63, 3.8) is 0 Å². The van der Waals surface area contributed by atoms with E-state index < -0.39 is 0 Å². The Hall–Kier alpha value is -0.770. The summed E-state index contributed by atoms with van der Waals surface area (Å²) in [6, 6.07) is 5.42. The molecule has 0 aliphatic carbocycles. The first-order valence-electron chi connectivity index (χ1n) is 7.44. The average molecular weight is 330 g/mol. The van der Waals surface area contributed by atoms with E-state index in [1.54, 1.807) is 18.2 Å². The molecule has 0 radical (unpaired) electrons. The minimum absolute atomic E-state index is 0.347. The Bertz CT molecular complexity index is 493. The Morgan fingerprint density at radius 3 is 2.86 bits per heavy atom. The van der Waals surface area contributed by atoms with Crippen molar-refractivity contribution in [3.8, 4) is 0 Å². The van der Waals surface area contributed by atoms with E-state index in [0.717, 1.165) is 19.5 Å². The quantitative estimate of drug-likeness (QED) is 0.591. The zero-order valence-corrected chi connectivity index (χ0v) is 13.8. The normalized spacial score (nSPS) is 19.5. The summed E-state index contributed by atoms with van der Waals surface area (Å²) in [4.78, 5) is 14.4. The molecule has 0 N–H and O–H groups in total.